The maximum absolute atomic E-state index is 12.6. The standard InChI is InChI=1S/C81H159NO5/c1-3-5-7-9-11-13-15-17-19-21-22-23-24-33-36-39-42-45-49-53-57-61-65-69-73-79(84)78(77-83)82-80(85)74-70-66-62-58-54-50-46-43-40-37-34-31-29-27-25-26-28-30-32-35-38-41-44-48-52-56-60-64-68-72-76-87-81(86)75-71-67-63-59-55-51-47-20-18-16-14-12-10-8-6-4-2/h20,47,78-79,83-84H,3-19,21-46,48-77H2,1-2H3,(H,82,85)/b47-20-. The van der Waals surface area contributed by atoms with Crippen LogP contribution in [0.5, 0.6) is 0 Å². The van der Waals surface area contributed by atoms with E-state index in [-0.39, 0.29) is 18.5 Å². The molecule has 87 heavy (non-hydrogen) atoms. The molecule has 0 spiro atoms. The largest absolute Gasteiger partial charge is 0.466 e. The van der Waals surface area contributed by atoms with Gasteiger partial charge in [-0.25, -0.2) is 0 Å². The second kappa shape index (κ2) is 77.1. The molecular weight excluding hydrogens is 1070 g/mol. The molecular formula is C81H159NO5. The fraction of sp³-hybridized carbons (Fsp3) is 0.951. The second-order valence-electron chi connectivity index (χ2n) is 28.1. The fourth-order valence-electron chi connectivity index (χ4n) is 13.2. The lowest BCUT2D eigenvalue weighted by Gasteiger charge is -2.22. The van der Waals surface area contributed by atoms with Crippen LogP contribution in [0.1, 0.15) is 470 Å². The van der Waals surface area contributed by atoms with Crippen LogP contribution in [0.15, 0.2) is 12.2 Å². The summed E-state index contributed by atoms with van der Waals surface area (Å²) in [6.07, 6.45) is 97.4. The van der Waals surface area contributed by atoms with Gasteiger partial charge < -0.3 is 20.3 Å². The van der Waals surface area contributed by atoms with Crippen molar-refractivity contribution in [1.82, 2.24) is 5.32 Å². The number of carbonyl (C=O) groups is 2. The highest BCUT2D eigenvalue weighted by molar-refractivity contribution is 5.76. The summed E-state index contributed by atoms with van der Waals surface area (Å²) in [6.45, 7) is 5.01. The normalized spacial score (nSPS) is 12.5. The van der Waals surface area contributed by atoms with Crippen molar-refractivity contribution in [1.29, 1.82) is 0 Å². The Labute approximate surface area is 546 Å². The highest BCUT2D eigenvalue weighted by atomic mass is 16.5. The molecule has 0 aliphatic carbocycles. The van der Waals surface area contributed by atoms with Gasteiger partial charge >= 0.3 is 5.97 Å². The molecule has 0 aromatic carbocycles. The predicted molar refractivity (Wildman–Crippen MR) is 384 cm³/mol. The van der Waals surface area contributed by atoms with Gasteiger partial charge in [0, 0.05) is 12.8 Å². The first-order valence-corrected chi connectivity index (χ1v) is 40.4. The molecule has 0 bridgehead atoms. The van der Waals surface area contributed by atoms with Gasteiger partial charge in [-0.15, -0.1) is 0 Å². The Balaban J connectivity index is 3.33. The predicted octanol–water partition coefficient (Wildman–Crippen LogP) is 26.7. The molecule has 518 valence electrons. The van der Waals surface area contributed by atoms with Crippen molar-refractivity contribution in [2.24, 2.45) is 0 Å². The average molecular weight is 1230 g/mol. The summed E-state index contributed by atoms with van der Waals surface area (Å²) in [7, 11) is 0. The third kappa shape index (κ3) is 73.5. The number of ether oxygens (including phenoxy) is 1. The molecule has 3 N–H and O–H groups in total. The Kier molecular flexibility index (Phi) is 75.8. The summed E-state index contributed by atoms with van der Waals surface area (Å²) in [5, 5.41) is 23.5. The van der Waals surface area contributed by atoms with E-state index < -0.39 is 12.1 Å². The quantitative estimate of drug-likeness (QED) is 0.0320. The Bertz CT molecular complexity index is 1320. The Morgan fingerprint density at radius 2 is 0.540 bits per heavy atom. The Morgan fingerprint density at radius 3 is 0.816 bits per heavy atom. The van der Waals surface area contributed by atoms with Crippen LogP contribution in [0.2, 0.25) is 0 Å². The molecule has 0 heterocycles. The summed E-state index contributed by atoms with van der Waals surface area (Å²) in [6, 6.07) is -0.539. The van der Waals surface area contributed by atoms with Crippen LogP contribution in [0.3, 0.4) is 0 Å². The van der Waals surface area contributed by atoms with Gasteiger partial charge in [0.15, 0.2) is 0 Å². The highest BCUT2D eigenvalue weighted by Crippen LogP contribution is 2.21. The molecule has 1 amide bonds. The number of unbranched alkanes of at least 4 members (excludes halogenated alkanes) is 64. The van der Waals surface area contributed by atoms with Crippen molar-refractivity contribution in [2.45, 2.75) is 482 Å². The molecule has 0 saturated heterocycles. The van der Waals surface area contributed by atoms with Crippen LogP contribution >= 0.6 is 0 Å². The van der Waals surface area contributed by atoms with Crippen LogP contribution in [-0.2, 0) is 14.3 Å². The highest BCUT2D eigenvalue weighted by Gasteiger charge is 2.20. The molecule has 0 saturated carbocycles. The molecule has 0 aromatic heterocycles. The van der Waals surface area contributed by atoms with E-state index in [1.165, 1.54) is 392 Å². The zero-order valence-corrected chi connectivity index (χ0v) is 59.5. The number of rotatable bonds is 77. The van der Waals surface area contributed by atoms with E-state index in [2.05, 4.69) is 31.3 Å². The lowest BCUT2D eigenvalue weighted by Crippen LogP contribution is -2.45. The molecule has 2 unspecified atom stereocenters. The van der Waals surface area contributed by atoms with Crippen LogP contribution in [0.4, 0.5) is 0 Å². The molecule has 0 rings (SSSR count). The summed E-state index contributed by atoms with van der Waals surface area (Å²) < 4.78 is 5.50. The van der Waals surface area contributed by atoms with Crippen molar-refractivity contribution in [3.8, 4) is 0 Å². The Morgan fingerprint density at radius 1 is 0.310 bits per heavy atom. The van der Waals surface area contributed by atoms with Crippen LogP contribution in [0.25, 0.3) is 0 Å². The third-order valence-corrected chi connectivity index (χ3v) is 19.3. The summed E-state index contributed by atoms with van der Waals surface area (Å²) in [4.78, 5) is 24.7. The van der Waals surface area contributed by atoms with Gasteiger partial charge in [0.2, 0.25) is 5.91 Å². The molecule has 0 aliphatic rings. The lowest BCUT2D eigenvalue weighted by atomic mass is 10.0. The number of hydrogen-bond donors (Lipinski definition) is 3. The zero-order chi connectivity index (χ0) is 62.8. The van der Waals surface area contributed by atoms with Crippen molar-refractivity contribution in [3.63, 3.8) is 0 Å². The van der Waals surface area contributed by atoms with Gasteiger partial charge in [-0.1, -0.05) is 418 Å². The average Bonchev–Trinajstić information content (AvgIpc) is 3.53. The molecule has 0 radical (unpaired) electrons. The number of aliphatic hydroxyl groups is 2. The third-order valence-electron chi connectivity index (χ3n) is 19.3. The molecule has 0 aromatic rings. The number of amides is 1. The summed E-state index contributed by atoms with van der Waals surface area (Å²) in [5.74, 6) is -0.0107. The van der Waals surface area contributed by atoms with Gasteiger partial charge in [0.05, 0.1) is 25.4 Å². The molecule has 0 aliphatic heterocycles. The maximum atomic E-state index is 12.6. The Hall–Kier alpha value is -1.40. The van der Waals surface area contributed by atoms with Crippen molar-refractivity contribution < 1.29 is 24.5 Å². The fourth-order valence-corrected chi connectivity index (χ4v) is 13.2. The van der Waals surface area contributed by atoms with E-state index in [4.69, 9.17) is 4.74 Å². The van der Waals surface area contributed by atoms with Crippen LogP contribution < -0.4 is 5.32 Å². The van der Waals surface area contributed by atoms with Crippen molar-refractivity contribution in [3.05, 3.63) is 12.2 Å². The van der Waals surface area contributed by atoms with Crippen LogP contribution in [0, 0.1) is 0 Å². The monoisotopic (exact) mass is 1230 g/mol. The first-order chi connectivity index (χ1) is 43.0. The number of nitrogens with one attached hydrogen (secondary N) is 1. The van der Waals surface area contributed by atoms with E-state index in [0.717, 1.165) is 44.9 Å². The first kappa shape index (κ1) is 85.6. The maximum Gasteiger partial charge on any atom is 0.305 e. The van der Waals surface area contributed by atoms with E-state index in [1.54, 1.807) is 0 Å². The van der Waals surface area contributed by atoms with E-state index in [9.17, 15) is 19.8 Å². The number of hydrogen-bond acceptors (Lipinski definition) is 5. The van der Waals surface area contributed by atoms with Crippen molar-refractivity contribution in [2.75, 3.05) is 13.2 Å². The molecule has 6 heteroatoms. The number of allylic oxidation sites excluding steroid dienone is 2. The summed E-state index contributed by atoms with van der Waals surface area (Å²) in [5.41, 5.74) is 0. The number of carbonyl (C=O) groups excluding carboxylic acids is 2. The molecule has 0 fully saturated rings. The van der Waals surface area contributed by atoms with E-state index >= 15 is 0 Å². The van der Waals surface area contributed by atoms with Gasteiger partial charge in [-0.3, -0.25) is 9.59 Å². The first-order valence-electron chi connectivity index (χ1n) is 40.4. The SMILES string of the molecule is CCCCCCCCC/C=C\CCCCCCCC(=O)OCCCCCCCCCCCCCCCCCCCCCCCCCCCCCCCCC(=O)NC(CO)C(O)CCCCCCCCCCCCCCCCCCCCCCCCCC. The zero-order valence-electron chi connectivity index (χ0n) is 59.5. The minimum absolute atomic E-state index is 0.0141. The second-order valence-corrected chi connectivity index (χ2v) is 28.1. The summed E-state index contributed by atoms with van der Waals surface area (Å²) >= 11 is 0. The van der Waals surface area contributed by atoms with E-state index in [0.29, 0.717) is 25.9 Å². The lowest BCUT2D eigenvalue weighted by molar-refractivity contribution is -0.143. The minimum atomic E-state index is -0.663. The number of esters is 1. The smallest absolute Gasteiger partial charge is 0.305 e. The topological polar surface area (TPSA) is 95.9 Å². The van der Waals surface area contributed by atoms with Gasteiger partial charge in [-0.2, -0.15) is 0 Å². The van der Waals surface area contributed by atoms with Gasteiger partial charge in [0.25, 0.3) is 0 Å². The van der Waals surface area contributed by atoms with E-state index in [1.807, 2.05) is 0 Å². The number of aliphatic hydroxyl groups excluding tert-OH is 2. The minimum Gasteiger partial charge on any atom is -0.466 e. The molecule has 6 nitrogen and oxygen atoms in total. The molecule has 2 atom stereocenters. The van der Waals surface area contributed by atoms with Crippen molar-refractivity contribution >= 4 is 11.9 Å². The van der Waals surface area contributed by atoms with Gasteiger partial charge in [0.1, 0.15) is 0 Å². The van der Waals surface area contributed by atoms with Gasteiger partial charge in [-0.05, 0) is 51.4 Å². The van der Waals surface area contributed by atoms with Crippen LogP contribution in [-0.4, -0.2) is 47.4 Å².